The Morgan fingerprint density at radius 3 is 2.37 bits per heavy atom. The van der Waals surface area contributed by atoms with Gasteiger partial charge in [-0.2, -0.15) is 0 Å². The monoisotopic (exact) mass is 677 g/mol. The van der Waals surface area contributed by atoms with Crippen LogP contribution in [0.3, 0.4) is 0 Å². The number of amides is 5. The van der Waals surface area contributed by atoms with Crippen LogP contribution >= 0.6 is 0 Å². The average Bonchev–Trinajstić information content (AvgIpc) is 3.86. The standard InChI is InChI=1S/C35H37F2N5O7/c1-21-31(44)41-28(17-22-5-3-2-4-6-22)33(46)42-35(13-14-35)34(47)38-15-16-48-25-10-7-23(8-11-25)18-27(32(45)39-21)40-30(43)20-49-29-12-9-24(36)19-26(29)37/h2-12,19,21,27-28H,13-18,20H2,1H3,(H,38,47)(H,39,45)(H,40,43)(H,41,44)(H,42,46)/t21-,27-,28+/m0/s1. The van der Waals surface area contributed by atoms with Gasteiger partial charge in [-0.15, -0.1) is 0 Å². The fourth-order valence-electron chi connectivity index (χ4n) is 5.23. The molecule has 1 aliphatic carbocycles. The Bertz CT molecular complexity index is 1690. The van der Waals surface area contributed by atoms with Crippen molar-refractivity contribution in [1.82, 2.24) is 26.6 Å². The summed E-state index contributed by atoms with van der Waals surface area (Å²) in [5.41, 5.74) is 0.293. The van der Waals surface area contributed by atoms with Crippen molar-refractivity contribution in [3.63, 3.8) is 0 Å². The molecule has 1 spiro atoms. The molecule has 3 atom stereocenters. The van der Waals surface area contributed by atoms with Crippen LogP contribution in [0.5, 0.6) is 11.5 Å². The highest BCUT2D eigenvalue weighted by molar-refractivity contribution is 5.98. The highest BCUT2D eigenvalue weighted by Gasteiger charge is 2.51. The Hall–Kier alpha value is -5.53. The van der Waals surface area contributed by atoms with Gasteiger partial charge in [0, 0.05) is 18.9 Å². The third-order valence-corrected chi connectivity index (χ3v) is 8.14. The van der Waals surface area contributed by atoms with Gasteiger partial charge in [-0.1, -0.05) is 42.5 Å². The van der Waals surface area contributed by atoms with Crippen LogP contribution in [0.15, 0.2) is 72.8 Å². The van der Waals surface area contributed by atoms with Gasteiger partial charge in [0.25, 0.3) is 5.91 Å². The van der Waals surface area contributed by atoms with E-state index in [0.29, 0.717) is 30.2 Å². The number of halogens is 2. The molecule has 2 aliphatic heterocycles. The minimum Gasteiger partial charge on any atom is -0.492 e. The number of rotatable bonds is 6. The fraction of sp³-hybridized carbons (Fsp3) is 0.343. The first-order valence-electron chi connectivity index (χ1n) is 15.9. The molecule has 3 aliphatic rings. The zero-order chi connectivity index (χ0) is 35.0. The van der Waals surface area contributed by atoms with Gasteiger partial charge >= 0.3 is 0 Å². The van der Waals surface area contributed by atoms with Crippen LogP contribution in [0.1, 0.15) is 30.9 Å². The molecular formula is C35H37F2N5O7. The Kier molecular flexibility index (Phi) is 11.1. The van der Waals surface area contributed by atoms with Crippen LogP contribution in [0, 0.1) is 11.6 Å². The second-order valence-electron chi connectivity index (χ2n) is 12.0. The molecule has 2 heterocycles. The molecule has 0 radical (unpaired) electrons. The van der Waals surface area contributed by atoms with E-state index in [9.17, 15) is 32.8 Å². The predicted octanol–water partition coefficient (Wildman–Crippen LogP) is 1.46. The Balaban J connectivity index is 1.34. The lowest BCUT2D eigenvalue weighted by Gasteiger charge is -2.25. The number of carbonyl (C=O) groups is 5. The molecule has 0 unspecified atom stereocenters. The van der Waals surface area contributed by atoms with Gasteiger partial charge in [0.2, 0.25) is 23.6 Å². The Morgan fingerprint density at radius 1 is 0.939 bits per heavy atom. The van der Waals surface area contributed by atoms with Gasteiger partial charge in [-0.3, -0.25) is 24.0 Å². The van der Waals surface area contributed by atoms with Gasteiger partial charge in [0.1, 0.15) is 41.8 Å². The van der Waals surface area contributed by atoms with Crippen LogP contribution in [0.2, 0.25) is 0 Å². The summed E-state index contributed by atoms with van der Waals surface area (Å²) in [5, 5.41) is 13.5. The lowest BCUT2D eigenvalue weighted by atomic mass is 10.0. The largest absolute Gasteiger partial charge is 0.492 e. The molecule has 12 nitrogen and oxygen atoms in total. The first-order valence-corrected chi connectivity index (χ1v) is 15.9. The van der Waals surface area contributed by atoms with Gasteiger partial charge < -0.3 is 36.1 Å². The van der Waals surface area contributed by atoms with Crippen molar-refractivity contribution < 1.29 is 42.2 Å². The topological polar surface area (TPSA) is 164 Å². The normalized spacial score (nSPS) is 21.3. The first-order chi connectivity index (χ1) is 23.5. The molecule has 6 rings (SSSR count). The van der Waals surface area contributed by atoms with Crippen LogP contribution in [-0.2, 0) is 36.8 Å². The number of ether oxygens (including phenoxy) is 2. The van der Waals surface area contributed by atoms with Crippen molar-refractivity contribution in [2.24, 2.45) is 0 Å². The van der Waals surface area contributed by atoms with E-state index in [1.54, 1.807) is 48.5 Å². The van der Waals surface area contributed by atoms with Crippen LogP contribution in [0.4, 0.5) is 8.78 Å². The lowest BCUT2D eigenvalue weighted by Crippen LogP contribution is -2.59. The van der Waals surface area contributed by atoms with Crippen molar-refractivity contribution in [3.05, 3.63) is 95.6 Å². The molecule has 5 N–H and O–H groups in total. The third-order valence-electron chi connectivity index (χ3n) is 8.14. The number of carbonyl (C=O) groups excluding carboxylic acids is 5. The van der Waals surface area contributed by atoms with Gasteiger partial charge in [0.15, 0.2) is 18.2 Å². The third kappa shape index (κ3) is 9.52. The predicted molar refractivity (Wildman–Crippen MR) is 172 cm³/mol. The van der Waals surface area contributed by atoms with E-state index in [0.717, 1.165) is 17.7 Å². The van der Waals surface area contributed by atoms with Crippen molar-refractivity contribution in [2.45, 2.75) is 56.3 Å². The summed E-state index contributed by atoms with van der Waals surface area (Å²) in [6, 6.07) is 14.9. The molecular weight excluding hydrogens is 640 g/mol. The number of hydrogen-bond donors (Lipinski definition) is 5. The molecule has 0 aromatic heterocycles. The summed E-state index contributed by atoms with van der Waals surface area (Å²) in [7, 11) is 0. The number of benzene rings is 3. The minimum absolute atomic E-state index is 0.00567. The first kappa shape index (κ1) is 34.8. The summed E-state index contributed by atoms with van der Waals surface area (Å²) in [5.74, 6) is -4.72. The zero-order valence-corrected chi connectivity index (χ0v) is 26.7. The number of hydrogen-bond acceptors (Lipinski definition) is 7. The highest BCUT2D eigenvalue weighted by Crippen LogP contribution is 2.35. The van der Waals surface area contributed by atoms with E-state index < -0.39 is 65.5 Å². The molecule has 3 aromatic carbocycles. The maximum absolute atomic E-state index is 14.0. The van der Waals surface area contributed by atoms with E-state index in [1.165, 1.54) is 6.92 Å². The SMILES string of the molecule is C[C@@H]1NC(=O)[C@@H](NC(=O)COc2ccc(F)cc2F)Cc2ccc(cc2)OCCNC(=O)C2(CC2)NC(=O)[C@@H](Cc2ccccc2)NC1=O. The molecule has 49 heavy (non-hydrogen) atoms. The van der Waals surface area contributed by atoms with Crippen molar-refractivity contribution >= 4 is 29.5 Å². The lowest BCUT2D eigenvalue weighted by molar-refractivity contribution is -0.134. The zero-order valence-electron chi connectivity index (χ0n) is 26.7. The highest BCUT2D eigenvalue weighted by atomic mass is 19.1. The molecule has 14 heteroatoms. The second kappa shape index (κ2) is 15.6. The summed E-state index contributed by atoms with van der Waals surface area (Å²) in [4.78, 5) is 66.3. The average molecular weight is 678 g/mol. The summed E-state index contributed by atoms with van der Waals surface area (Å²) >= 11 is 0. The number of fused-ring (bicyclic) bond motifs is 15. The fourth-order valence-corrected chi connectivity index (χ4v) is 5.23. The summed E-state index contributed by atoms with van der Waals surface area (Å²) in [6.45, 7) is 1.08. The van der Waals surface area contributed by atoms with E-state index in [-0.39, 0.29) is 37.6 Å². The Morgan fingerprint density at radius 2 is 1.67 bits per heavy atom. The molecule has 0 saturated heterocycles. The quantitative estimate of drug-likeness (QED) is 0.247. The van der Waals surface area contributed by atoms with Gasteiger partial charge in [-0.05, 0) is 55.2 Å². The smallest absolute Gasteiger partial charge is 0.258 e. The molecule has 258 valence electrons. The van der Waals surface area contributed by atoms with E-state index in [4.69, 9.17) is 9.47 Å². The van der Waals surface area contributed by atoms with Crippen LogP contribution in [0.25, 0.3) is 0 Å². The van der Waals surface area contributed by atoms with Crippen molar-refractivity contribution in [3.8, 4) is 11.5 Å². The van der Waals surface area contributed by atoms with Gasteiger partial charge in [0.05, 0.1) is 6.54 Å². The van der Waals surface area contributed by atoms with Crippen LogP contribution in [-0.4, -0.2) is 73.0 Å². The maximum Gasteiger partial charge on any atom is 0.258 e. The molecule has 3 aromatic rings. The number of nitrogens with one attached hydrogen (secondary N) is 5. The Labute approximate surface area is 281 Å². The maximum atomic E-state index is 14.0. The molecule has 1 saturated carbocycles. The molecule has 2 bridgehead atoms. The van der Waals surface area contributed by atoms with Gasteiger partial charge in [-0.25, -0.2) is 8.78 Å². The summed E-state index contributed by atoms with van der Waals surface area (Å²) in [6.07, 6.45) is 0.979. The molecule has 1 fully saturated rings. The van der Waals surface area contributed by atoms with Crippen molar-refractivity contribution in [1.29, 1.82) is 0 Å². The van der Waals surface area contributed by atoms with Crippen LogP contribution < -0.4 is 36.1 Å². The van der Waals surface area contributed by atoms with E-state index >= 15 is 0 Å². The van der Waals surface area contributed by atoms with E-state index in [2.05, 4.69) is 26.6 Å². The molecule has 5 amide bonds. The summed E-state index contributed by atoms with van der Waals surface area (Å²) < 4.78 is 38.2. The van der Waals surface area contributed by atoms with Crippen molar-refractivity contribution in [2.75, 3.05) is 19.8 Å². The second-order valence-corrected chi connectivity index (χ2v) is 12.0. The minimum atomic E-state index is -1.20. The van der Waals surface area contributed by atoms with E-state index in [1.807, 2.05) is 6.07 Å².